The molecule has 6 rings (SSSR count). The summed E-state index contributed by atoms with van der Waals surface area (Å²) in [6.07, 6.45) is -0.0214. The molecule has 0 radical (unpaired) electrons. The topological polar surface area (TPSA) is 20.2 Å². The second kappa shape index (κ2) is 1.24. The molecule has 0 spiro atoms. The summed E-state index contributed by atoms with van der Waals surface area (Å²) in [4.78, 5) is 0. The van der Waals surface area contributed by atoms with Gasteiger partial charge in [0.1, 0.15) is 0 Å². The molecule has 0 unspecified atom stereocenters. The zero-order valence-corrected chi connectivity index (χ0v) is 9.42. The van der Waals surface area contributed by atoms with Crippen molar-refractivity contribution in [1.82, 2.24) is 0 Å². The Bertz CT molecular complexity index is 315. The van der Waals surface area contributed by atoms with Crippen LogP contribution < -0.4 is 0 Å². The Morgan fingerprint density at radius 3 is 1.75 bits per heavy atom. The van der Waals surface area contributed by atoms with Gasteiger partial charge in [-0.3, -0.25) is 0 Å². The lowest BCUT2D eigenvalue weighted by Crippen LogP contribution is -2.93. The van der Waals surface area contributed by atoms with Crippen molar-refractivity contribution in [1.29, 1.82) is 0 Å². The predicted octanol–water partition coefficient (Wildman–Crippen LogP) is 1.38. The zero-order chi connectivity index (χ0) is 8.04. The summed E-state index contributed by atoms with van der Waals surface area (Å²) in [6.45, 7) is 0. The van der Waals surface area contributed by atoms with Crippen molar-refractivity contribution in [2.24, 2.45) is 35.5 Å². The summed E-state index contributed by atoms with van der Waals surface area (Å²) < 4.78 is 0.717. The minimum Gasteiger partial charge on any atom is -0.391 e. The van der Waals surface area contributed by atoms with Gasteiger partial charge in [0, 0.05) is 4.32 Å². The van der Waals surface area contributed by atoms with Crippen molar-refractivity contribution in [2.75, 3.05) is 0 Å². The van der Waals surface area contributed by atoms with Gasteiger partial charge in [0.15, 0.2) is 0 Å². The summed E-state index contributed by atoms with van der Waals surface area (Å²) in [5, 5.41) is 10.0. The summed E-state index contributed by atoms with van der Waals surface area (Å²) in [6, 6.07) is 0. The molecule has 0 aromatic carbocycles. The molecule has 0 aromatic heterocycles. The Morgan fingerprint density at radius 2 is 1.33 bits per heavy atom. The first-order chi connectivity index (χ1) is 5.64. The number of halogens is 2. The number of aliphatic hydroxyl groups is 1. The molecule has 5 atom stereocenters. The van der Waals surface area contributed by atoms with E-state index in [2.05, 4.69) is 31.9 Å². The lowest BCUT2D eigenvalue weighted by atomic mass is 9.20. The monoisotopic (exact) mass is 290 g/mol. The van der Waals surface area contributed by atoms with Gasteiger partial charge in [-0.1, -0.05) is 31.9 Å². The summed E-state index contributed by atoms with van der Waals surface area (Å²) in [5.41, 5.74) is 0. The van der Waals surface area contributed by atoms with Gasteiger partial charge in [0.05, 0.1) is 10.4 Å². The van der Waals surface area contributed by atoms with Crippen LogP contribution >= 0.6 is 31.9 Å². The first-order valence-corrected chi connectivity index (χ1v) is 6.29. The third-order valence-electron chi connectivity index (χ3n) is 5.75. The molecule has 0 heterocycles. The second-order valence-electron chi connectivity index (χ2n) is 5.31. The van der Waals surface area contributed by atoms with Crippen molar-refractivity contribution in [3.05, 3.63) is 0 Å². The number of hydrogen-bond acceptors (Lipinski definition) is 1. The number of aliphatic hydroxyl groups excluding tert-OH is 1. The van der Waals surface area contributed by atoms with Crippen LogP contribution in [0.3, 0.4) is 0 Å². The van der Waals surface area contributed by atoms with Crippen LogP contribution in [-0.2, 0) is 0 Å². The maximum atomic E-state index is 10.0. The van der Waals surface area contributed by atoms with Crippen LogP contribution in [0.15, 0.2) is 0 Å². The summed E-state index contributed by atoms with van der Waals surface area (Å²) in [7, 11) is 0. The van der Waals surface area contributed by atoms with Crippen molar-refractivity contribution in [3.8, 4) is 0 Å². The minimum absolute atomic E-state index is 0.0214. The molecular weight excluding hydrogens is 284 g/mol. The Hall–Kier alpha value is 0.920. The summed E-state index contributed by atoms with van der Waals surface area (Å²) >= 11 is 7.70. The highest BCUT2D eigenvalue weighted by molar-refractivity contribution is 9.10. The maximum absolute atomic E-state index is 10.0. The van der Waals surface area contributed by atoms with Crippen LogP contribution in [0.4, 0.5) is 0 Å². The van der Waals surface area contributed by atoms with E-state index >= 15 is 0 Å². The SMILES string of the molecule is O[C@@H]1C2[C@H]3[C@H]4C5[C@H]([C@H]2C53Br)C14Br. The average molecular weight is 292 g/mol. The minimum atomic E-state index is -0.0214. The van der Waals surface area contributed by atoms with Crippen LogP contribution in [0.2, 0.25) is 0 Å². The Morgan fingerprint density at radius 1 is 0.833 bits per heavy atom. The van der Waals surface area contributed by atoms with Crippen molar-refractivity contribution < 1.29 is 5.11 Å². The van der Waals surface area contributed by atoms with E-state index in [0.717, 1.165) is 29.6 Å². The molecule has 0 aromatic rings. The first-order valence-electron chi connectivity index (χ1n) is 4.70. The van der Waals surface area contributed by atoms with Crippen LogP contribution in [-0.4, -0.2) is 19.9 Å². The molecular formula is C9H8Br2O. The predicted molar refractivity (Wildman–Crippen MR) is 50.3 cm³/mol. The third kappa shape index (κ3) is 0.255. The van der Waals surface area contributed by atoms with Gasteiger partial charge in [-0.25, -0.2) is 0 Å². The normalized spacial score (nSPS) is 95.8. The molecule has 1 N–H and O–H groups in total. The molecule has 0 saturated heterocycles. The zero-order valence-electron chi connectivity index (χ0n) is 6.24. The second-order valence-corrected chi connectivity index (χ2v) is 8.05. The number of rotatable bonds is 0. The smallest absolute Gasteiger partial charge is 0.0733 e. The van der Waals surface area contributed by atoms with Crippen LogP contribution in [0.25, 0.3) is 0 Å². The van der Waals surface area contributed by atoms with E-state index in [1.807, 2.05) is 0 Å². The number of hydrogen-bond donors (Lipinski definition) is 1. The van der Waals surface area contributed by atoms with Crippen LogP contribution in [0.5, 0.6) is 0 Å². The quantitative estimate of drug-likeness (QED) is 0.669. The molecule has 6 aliphatic carbocycles. The van der Waals surface area contributed by atoms with E-state index < -0.39 is 0 Å². The van der Waals surface area contributed by atoms with E-state index in [9.17, 15) is 5.11 Å². The Labute approximate surface area is 87.2 Å². The molecule has 3 heteroatoms. The van der Waals surface area contributed by atoms with Crippen molar-refractivity contribution in [3.63, 3.8) is 0 Å². The van der Waals surface area contributed by atoms with Gasteiger partial charge < -0.3 is 5.11 Å². The van der Waals surface area contributed by atoms with Crippen LogP contribution in [0.1, 0.15) is 0 Å². The van der Waals surface area contributed by atoms with E-state index in [1.54, 1.807) is 0 Å². The standard InChI is InChI=1S/C9H8Br2O/c10-8-2-1-3(8)5-6(8)4(2)9(5,11)7(1)12/h1-7,12H/t1?,2-,3-,4-,5-,6?,7+,8?,9?/m0/s1. The number of alkyl halides is 2. The van der Waals surface area contributed by atoms with Crippen LogP contribution in [0, 0.1) is 35.5 Å². The Kier molecular flexibility index (Phi) is 0.660. The molecule has 0 aliphatic heterocycles. The highest BCUT2D eigenvalue weighted by atomic mass is 79.9. The highest BCUT2D eigenvalue weighted by Crippen LogP contribution is 3.00. The van der Waals surface area contributed by atoms with E-state index in [-0.39, 0.29) is 10.4 Å². The first kappa shape index (κ1) is 6.41. The van der Waals surface area contributed by atoms with E-state index in [4.69, 9.17) is 0 Å². The fourth-order valence-corrected chi connectivity index (χ4v) is 8.85. The third-order valence-corrected chi connectivity index (χ3v) is 8.86. The molecule has 1 nitrogen and oxygen atoms in total. The van der Waals surface area contributed by atoms with Crippen molar-refractivity contribution in [2.45, 2.75) is 14.8 Å². The van der Waals surface area contributed by atoms with Gasteiger partial charge in [0.25, 0.3) is 0 Å². The van der Waals surface area contributed by atoms with E-state index in [0.29, 0.717) is 10.2 Å². The molecule has 0 amide bonds. The van der Waals surface area contributed by atoms with Gasteiger partial charge in [-0.05, 0) is 35.5 Å². The molecule has 6 fully saturated rings. The van der Waals surface area contributed by atoms with Gasteiger partial charge in [-0.2, -0.15) is 0 Å². The Balaban J connectivity index is 1.84. The van der Waals surface area contributed by atoms with E-state index in [1.165, 1.54) is 0 Å². The summed E-state index contributed by atoms with van der Waals surface area (Å²) in [5.74, 6) is 4.89. The molecule has 64 valence electrons. The molecule has 2 bridgehead atoms. The molecule has 6 aliphatic rings. The maximum Gasteiger partial charge on any atom is 0.0733 e. The molecule has 6 saturated carbocycles. The fourth-order valence-electron chi connectivity index (χ4n) is 5.66. The lowest BCUT2D eigenvalue weighted by Gasteiger charge is -2.90. The lowest BCUT2D eigenvalue weighted by molar-refractivity contribution is -0.337. The van der Waals surface area contributed by atoms with Crippen molar-refractivity contribution >= 4 is 31.9 Å². The largest absolute Gasteiger partial charge is 0.391 e. The highest BCUT2D eigenvalue weighted by Gasteiger charge is 3.04. The molecule has 12 heavy (non-hydrogen) atoms. The van der Waals surface area contributed by atoms with Gasteiger partial charge in [0.2, 0.25) is 0 Å². The van der Waals surface area contributed by atoms with Gasteiger partial charge >= 0.3 is 0 Å². The average Bonchev–Trinajstić information content (AvgIpc) is 2.21. The van der Waals surface area contributed by atoms with Gasteiger partial charge in [-0.15, -0.1) is 0 Å². The fraction of sp³-hybridized carbons (Fsp3) is 1.00.